The van der Waals surface area contributed by atoms with Crippen molar-refractivity contribution >= 4 is 23.2 Å². The van der Waals surface area contributed by atoms with E-state index in [9.17, 15) is 0 Å². The van der Waals surface area contributed by atoms with Gasteiger partial charge in [0.1, 0.15) is 0 Å². The highest BCUT2D eigenvalue weighted by atomic mass is 35.5. The monoisotopic (exact) mass is 338 g/mol. The van der Waals surface area contributed by atoms with Crippen LogP contribution in [0.5, 0.6) is 0 Å². The van der Waals surface area contributed by atoms with Crippen molar-refractivity contribution in [3.63, 3.8) is 0 Å². The molecule has 0 amide bonds. The predicted octanol–water partition coefficient (Wildman–Crippen LogP) is 3.85. The molecule has 0 spiro atoms. The molecule has 1 aromatic heterocycles. The van der Waals surface area contributed by atoms with Crippen LogP contribution in [0.1, 0.15) is 0 Å². The number of rotatable bonds is 3. The third kappa shape index (κ3) is 2.97. The third-order valence-corrected chi connectivity index (χ3v) is 4.66. The number of hydrogen-bond acceptors (Lipinski definition) is 3. The Bertz CT molecular complexity index is 790. The summed E-state index contributed by atoms with van der Waals surface area (Å²) in [5.74, 6) is 1.01. The Balaban J connectivity index is 1.49. The van der Waals surface area contributed by atoms with Gasteiger partial charge in [-0.15, -0.1) is 0 Å². The lowest BCUT2D eigenvalue weighted by Crippen LogP contribution is -2.47. The summed E-state index contributed by atoms with van der Waals surface area (Å²) in [5, 5.41) is 0.780. The Morgan fingerprint density at radius 3 is 2.12 bits per heavy atom. The van der Waals surface area contributed by atoms with Gasteiger partial charge in [-0.25, -0.2) is 4.98 Å². The molecule has 1 aliphatic heterocycles. The van der Waals surface area contributed by atoms with Crippen molar-refractivity contribution in [2.45, 2.75) is 0 Å². The molecule has 0 N–H and O–H groups in total. The van der Waals surface area contributed by atoms with Crippen LogP contribution >= 0.6 is 11.6 Å². The van der Waals surface area contributed by atoms with Crippen LogP contribution in [0.2, 0.25) is 5.02 Å². The van der Waals surface area contributed by atoms with Gasteiger partial charge in [-0.1, -0.05) is 29.8 Å². The Kier molecular flexibility index (Phi) is 4.13. The fourth-order valence-electron chi connectivity index (χ4n) is 3.14. The van der Waals surface area contributed by atoms with E-state index in [1.54, 1.807) is 0 Å². The Labute approximate surface area is 146 Å². The standard InChI is InChI=1S/C19H19ClN4/c20-16-6-8-17(9-7-16)22-12-14-23(15-13-22)19-21-10-11-24(19)18-4-2-1-3-5-18/h1-11H,12-15H2. The van der Waals surface area contributed by atoms with Gasteiger partial charge in [0, 0.05) is 55.0 Å². The number of benzene rings is 2. The molecule has 0 unspecified atom stereocenters. The first-order valence-electron chi connectivity index (χ1n) is 8.15. The quantitative estimate of drug-likeness (QED) is 0.725. The van der Waals surface area contributed by atoms with E-state index < -0.39 is 0 Å². The Hall–Kier alpha value is -2.46. The highest BCUT2D eigenvalue weighted by Crippen LogP contribution is 2.23. The summed E-state index contributed by atoms with van der Waals surface area (Å²) >= 11 is 5.98. The molecular weight excluding hydrogens is 320 g/mol. The average Bonchev–Trinajstić information content (AvgIpc) is 3.13. The minimum atomic E-state index is 0.780. The molecule has 2 aromatic carbocycles. The highest BCUT2D eigenvalue weighted by Gasteiger charge is 2.20. The Morgan fingerprint density at radius 1 is 0.750 bits per heavy atom. The number of anilines is 2. The summed E-state index contributed by atoms with van der Waals surface area (Å²) in [6, 6.07) is 18.4. The first-order chi connectivity index (χ1) is 11.8. The smallest absolute Gasteiger partial charge is 0.210 e. The fourth-order valence-corrected chi connectivity index (χ4v) is 3.26. The van der Waals surface area contributed by atoms with Crippen molar-refractivity contribution < 1.29 is 0 Å². The van der Waals surface area contributed by atoms with Crippen LogP contribution < -0.4 is 9.80 Å². The summed E-state index contributed by atoms with van der Waals surface area (Å²) in [6.07, 6.45) is 3.89. The molecule has 5 heteroatoms. The van der Waals surface area contributed by atoms with Crippen molar-refractivity contribution in [1.29, 1.82) is 0 Å². The van der Waals surface area contributed by atoms with Crippen LogP contribution in [0.15, 0.2) is 67.0 Å². The number of halogens is 1. The second-order valence-electron chi connectivity index (χ2n) is 5.88. The molecule has 3 aromatic rings. The number of aromatic nitrogens is 2. The van der Waals surface area contributed by atoms with Crippen LogP contribution in [-0.4, -0.2) is 35.7 Å². The zero-order chi connectivity index (χ0) is 16.4. The van der Waals surface area contributed by atoms with Gasteiger partial charge in [0.2, 0.25) is 5.95 Å². The molecular formula is C19H19ClN4. The molecule has 1 aliphatic rings. The third-order valence-electron chi connectivity index (χ3n) is 4.41. The second-order valence-corrected chi connectivity index (χ2v) is 6.32. The molecule has 0 saturated carbocycles. The molecule has 1 saturated heterocycles. The van der Waals surface area contributed by atoms with Gasteiger partial charge in [0.25, 0.3) is 0 Å². The maximum Gasteiger partial charge on any atom is 0.210 e. The largest absolute Gasteiger partial charge is 0.368 e. The first kappa shape index (κ1) is 15.1. The number of para-hydroxylation sites is 1. The maximum atomic E-state index is 5.98. The number of imidazole rings is 1. The minimum Gasteiger partial charge on any atom is -0.368 e. The first-order valence-corrected chi connectivity index (χ1v) is 8.53. The molecule has 24 heavy (non-hydrogen) atoms. The van der Waals surface area contributed by atoms with Crippen LogP contribution in [0.3, 0.4) is 0 Å². The van der Waals surface area contributed by atoms with E-state index in [0.717, 1.165) is 42.8 Å². The summed E-state index contributed by atoms with van der Waals surface area (Å²) in [6.45, 7) is 3.85. The maximum absolute atomic E-state index is 5.98. The minimum absolute atomic E-state index is 0.780. The van der Waals surface area contributed by atoms with Crippen molar-refractivity contribution in [3.05, 3.63) is 72.0 Å². The van der Waals surface area contributed by atoms with Crippen LogP contribution in [-0.2, 0) is 0 Å². The predicted molar refractivity (Wildman–Crippen MR) is 99.4 cm³/mol. The van der Waals surface area contributed by atoms with E-state index in [-0.39, 0.29) is 0 Å². The number of hydrogen-bond donors (Lipinski definition) is 0. The zero-order valence-corrected chi connectivity index (χ0v) is 14.1. The lowest BCUT2D eigenvalue weighted by atomic mass is 10.2. The molecule has 122 valence electrons. The molecule has 0 radical (unpaired) electrons. The van der Waals surface area contributed by atoms with Crippen molar-refractivity contribution in [3.8, 4) is 5.69 Å². The lowest BCUT2D eigenvalue weighted by Gasteiger charge is -2.36. The van der Waals surface area contributed by atoms with Crippen molar-refractivity contribution in [2.75, 3.05) is 36.0 Å². The van der Waals surface area contributed by atoms with Crippen LogP contribution in [0, 0.1) is 0 Å². The number of piperazine rings is 1. The summed E-state index contributed by atoms with van der Waals surface area (Å²) in [4.78, 5) is 9.32. The van der Waals surface area contributed by atoms with Gasteiger partial charge >= 0.3 is 0 Å². The highest BCUT2D eigenvalue weighted by molar-refractivity contribution is 6.30. The zero-order valence-electron chi connectivity index (χ0n) is 13.3. The van der Waals surface area contributed by atoms with Gasteiger partial charge in [-0.3, -0.25) is 4.57 Å². The van der Waals surface area contributed by atoms with E-state index in [1.165, 1.54) is 5.69 Å². The summed E-state index contributed by atoms with van der Waals surface area (Å²) < 4.78 is 2.15. The van der Waals surface area contributed by atoms with E-state index in [2.05, 4.69) is 55.7 Å². The van der Waals surface area contributed by atoms with E-state index in [4.69, 9.17) is 11.6 Å². The average molecular weight is 339 g/mol. The van der Waals surface area contributed by atoms with E-state index in [1.807, 2.05) is 30.6 Å². The summed E-state index contributed by atoms with van der Waals surface area (Å²) in [5.41, 5.74) is 2.37. The molecule has 0 atom stereocenters. The molecule has 0 bridgehead atoms. The van der Waals surface area contributed by atoms with Crippen LogP contribution in [0.25, 0.3) is 5.69 Å². The SMILES string of the molecule is Clc1ccc(N2CCN(c3nccn3-c3ccccc3)CC2)cc1. The van der Waals surface area contributed by atoms with Gasteiger partial charge in [0.05, 0.1) is 0 Å². The van der Waals surface area contributed by atoms with Gasteiger partial charge in [-0.2, -0.15) is 0 Å². The topological polar surface area (TPSA) is 24.3 Å². The molecule has 4 nitrogen and oxygen atoms in total. The normalized spacial score (nSPS) is 14.9. The summed E-state index contributed by atoms with van der Waals surface area (Å²) in [7, 11) is 0. The van der Waals surface area contributed by atoms with Gasteiger partial charge in [0.15, 0.2) is 0 Å². The molecule has 2 heterocycles. The van der Waals surface area contributed by atoms with Crippen molar-refractivity contribution in [1.82, 2.24) is 9.55 Å². The van der Waals surface area contributed by atoms with Crippen molar-refractivity contribution in [2.24, 2.45) is 0 Å². The second kappa shape index (κ2) is 6.57. The molecule has 4 rings (SSSR count). The lowest BCUT2D eigenvalue weighted by molar-refractivity contribution is 0.637. The van der Waals surface area contributed by atoms with Gasteiger partial charge in [-0.05, 0) is 36.4 Å². The number of nitrogens with zero attached hydrogens (tertiary/aromatic N) is 4. The van der Waals surface area contributed by atoms with Crippen LogP contribution in [0.4, 0.5) is 11.6 Å². The Morgan fingerprint density at radius 2 is 1.42 bits per heavy atom. The van der Waals surface area contributed by atoms with E-state index in [0.29, 0.717) is 0 Å². The van der Waals surface area contributed by atoms with E-state index >= 15 is 0 Å². The fraction of sp³-hybridized carbons (Fsp3) is 0.211. The molecule has 0 aliphatic carbocycles. The molecule has 1 fully saturated rings. The van der Waals surface area contributed by atoms with Gasteiger partial charge < -0.3 is 9.80 Å².